The molecular weight excluding hydrogens is 887 g/mol. The molecule has 334 valence electrons. The van der Waals surface area contributed by atoms with E-state index in [9.17, 15) is 0 Å². The summed E-state index contributed by atoms with van der Waals surface area (Å²) < 4.78 is 0. The molecule has 0 N–H and O–H groups in total. The van der Waals surface area contributed by atoms with E-state index in [4.69, 9.17) is 17.0 Å². The van der Waals surface area contributed by atoms with Crippen molar-refractivity contribution < 1.29 is 20.8 Å². The normalized spacial score (nSPS) is 12.1. The van der Waals surface area contributed by atoms with Gasteiger partial charge in [0.05, 0.1) is 0 Å². The number of hydrogen-bond donors (Lipinski definition) is 0. The number of halogens is 2. The van der Waals surface area contributed by atoms with Crippen molar-refractivity contribution in [2.75, 3.05) is 0 Å². The van der Waals surface area contributed by atoms with Crippen molar-refractivity contribution in [3.63, 3.8) is 0 Å². The van der Waals surface area contributed by atoms with Gasteiger partial charge in [0, 0.05) is 9.52 Å². The number of benzene rings is 4. The number of fused-ring (bicyclic) bond motifs is 2. The average molecular weight is 967 g/mol. The van der Waals surface area contributed by atoms with Crippen LogP contribution in [0.25, 0.3) is 43.8 Å². The summed E-state index contributed by atoms with van der Waals surface area (Å²) in [4.78, 5) is 0. The molecule has 0 aliphatic heterocycles. The van der Waals surface area contributed by atoms with Gasteiger partial charge in [0.15, 0.2) is 0 Å². The zero-order chi connectivity index (χ0) is 47.1. The van der Waals surface area contributed by atoms with Crippen molar-refractivity contribution in [3.05, 3.63) is 129 Å². The first-order valence-corrected chi connectivity index (χ1v) is 31.1. The van der Waals surface area contributed by atoms with E-state index in [1.807, 2.05) is 0 Å². The molecule has 0 heterocycles. The van der Waals surface area contributed by atoms with Crippen LogP contribution >= 0.6 is 17.0 Å². The molecule has 0 saturated heterocycles. The minimum atomic E-state index is -0.826. The maximum atomic E-state index is 4.93. The van der Waals surface area contributed by atoms with Gasteiger partial charge in [-0.3, -0.25) is 0 Å². The van der Waals surface area contributed by atoms with Crippen molar-refractivity contribution in [1.82, 2.24) is 0 Å². The third kappa shape index (κ3) is 14.9. The van der Waals surface area contributed by atoms with Gasteiger partial charge in [-0.15, -0.1) is 69.1 Å². The quantitative estimate of drug-likeness (QED) is 0.115. The second-order valence-corrected chi connectivity index (χ2v) is 27.3. The Morgan fingerprint density at radius 3 is 0.968 bits per heavy atom. The Morgan fingerprint density at radius 1 is 0.484 bits per heavy atom. The molecule has 0 amide bonds. The van der Waals surface area contributed by atoms with E-state index in [-0.39, 0.29) is 21.7 Å². The predicted molar refractivity (Wildman–Crippen MR) is 280 cm³/mol. The van der Waals surface area contributed by atoms with Crippen molar-refractivity contribution in [2.45, 2.75) is 172 Å². The van der Waals surface area contributed by atoms with Crippen molar-refractivity contribution in [2.24, 2.45) is 11.8 Å². The minimum absolute atomic E-state index is 0.132. The Morgan fingerprint density at radius 2 is 0.742 bits per heavy atom. The molecule has 0 bridgehead atoms. The van der Waals surface area contributed by atoms with Gasteiger partial charge in [-0.1, -0.05) is 183 Å². The van der Waals surface area contributed by atoms with E-state index in [1.54, 1.807) is 0 Å². The van der Waals surface area contributed by atoms with E-state index in [1.165, 1.54) is 88.3 Å². The van der Waals surface area contributed by atoms with Crippen LogP contribution in [-0.2, 0) is 55.3 Å². The molecule has 0 saturated carbocycles. The molecule has 2 radical (unpaired) electrons. The second-order valence-electron chi connectivity index (χ2n) is 22.6. The summed E-state index contributed by atoms with van der Waals surface area (Å²) in [5, 5.41) is 5.55. The Labute approximate surface area is 401 Å². The SMILES string of the molecule is C[Si]C.Cc1ccc2[cH-]c(CC(C)C)cc2c1-c1cc(C(C)(C)C)cc(C(C)(C)C)c1.Cc1ccc2[cH-]c(CC(C)C)cc2c1-c1cc(C(C)(C)C)cc(C(C)(C)C)c1.[Cl][Zr+2][Cl]. The third-order valence-corrected chi connectivity index (χ3v) is 11.5. The summed E-state index contributed by atoms with van der Waals surface area (Å²) in [6.45, 7) is 45.8. The average Bonchev–Trinajstić information content (AvgIpc) is 3.73. The monoisotopic (exact) mass is 964 g/mol. The number of aryl methyl sites for hydroxylation is 2. The van der Waals surface area contributed by atoms with E-state index < -0.39 is 20.8 Å². The molecular formula is C58H80Cl2SiZr. The third-order valence-electron chi connectivity index (χ3n) is 11.5. The van der Waals surface area contributed by atoms with Crippen LogP contribution in [0.3, 0.4) is 0 Å². The zero-order valence-corrected chi connectivity index (χ0v) is 47.4. The first-order chi connectivity index (χ1) is 28.5. The Balaban J connectivity index is 0.000000293. The summed E-state index contributed by atoms with van der Waals surface area (Å²) in [5.74, 6) is 1.36. The van der Waals surface area contributed by atoms with Gasteiger partial charge >= 0.3 is 37.9 Å². The van der Waals surface area contributed by atoms with Crippen molar-refractivity contribution in [3.8, 4) is 22.3 Å². The maximum absolute atomic E-state index is 4.93. The standard InChI is InChI=1S/2C28H37.C2H6Si.2ClH.Zr/c2*1-18(2)12-20-13-21-11-10-19(3)26(25(21)14-20)22-15-23(27(4,5)6)17-24(16-22)28(7,8)9;1-3-2;;;/h2*10-11,13-18H,12H2,1-9H3;1-2H3;2*1H;/q2*-1;;;;+4/p-2. The fraction of sp³-hybridized carbons (Fsp3) is 0.483. The molecule has 0 spiro atoms. The summed E-state index contributed by atoms with van der Waals surface area (Å²) in [6.07, 6.45) is 2.28. The van der Waals surface area contributed by atoms with Crippen LogP contribution in [0.4, 0.5) is 0 Å². The molecule has 0 nitrogen and oxygen atoms in total. The van der Waals surface area contributed by atoms with E-state index >= 15 is 0 Å². The molecule has 4 heteroatoms. The summed E-state index contributed by atoms with van der Waals surface area (Å²) >= 11 is -0.826. The van der Waals surface area contributed by atoms with Gasteiger partial charge in [0.25, 0.3) is 0 Å². The molecule has 0 unspecified atom stereocenters. The van der Waals surface area contributed by atoms with Gasteiger partial charge in [0.2, 0.25) is 0 Å². The van der Waals surface area contributed by atoms with Gasteiger partial charge in [-0.05, 0) is 93.6 Å². The summed E-state index contributed by atoms with van der Waals surface area (Å²) in [6, 6.07) is 33.3. The predicted octanol–water partition coefficient (Wildman–Crippen LogP) is 18.8. The topological polar surface area (TPSA) is 0 Å². The van der Waals surface area contributed by atoms with Crippen LogP contribution in [0.2, 0.25) is 13.1 Å². The van der Waals surface area contributed by atoms with Crippen LogP contribution in [-0.4, -0.2) is 9.52 Å². The van der Waals surface area contributed by atoms with Crippen molar-refractivity contribution >= 4 is 48.1 Å². The van der Waals surface area contributed by atoms with E-state index in [0.29, 0.717) is 11.8 Å². The first kappa shape index (κ1) is 54.1. The van der Waals surface area contributed by atoms with Gasteiger partial charge in [-0.25, -0.2) is 0 Å². The van der Waals surface area contributed by atoms with Gasteiger partial charge in [0.1, 0.15) is 0 Å². The van der Waals surface area contributed by atoms with Crippen LogP contribution in [0.5, 0.6) is 0 Å². The summed E-state index contributed by atoms with van der Waals surface area (Å²) in [5.41, 5.74) is 17.4. The number of hydrogen-bond acceptors (Lipinski definition) is 0. The molecule has 6 aromatic rings. The van der Waals surface area contributed by atoms with Gasteiger partial charge < -0.3 is 0 Å². The molecule has 6 rings (SSSR count). The Hall–Kier alpha value is -2.22. The fourth-order valence-corrected chi connectivity index (χ4v) is 8.13. The first-order valence-electron chi connectivity index (χ1n) is 22.8. The second kappa shape index (κ2) is 22.3. The summed E-state index contributed by atoms with van der Waals surface area (Å²) in [7, 11) is 11.0. The molecule has 0 atom stereocenters. The van der Waals surface area contributed by atoms with Crippen LogP contribution in [0, 0.1) is 25.7 Å². The van der Waals surface area contributed by atoms with Crippen molar-refractivity contribution in [1.29, 1.82) is 0 Å². The number of rotatable bonds is 6. The van der Waals surface area contributed by atoms with Crippen LogP contribution < -0.4 is 0 Å². The van der Waals surface area contributed by atoms with Gasteiger partial charge in [-0.2, -0.15) is 12.1 Å². The molecule has 0 aliphatic carbocycles. The molecule has 0 fully saturated rings. The van der Waals surface area contributed by atoms with Crippen LogP contribution in [0.15, 0.2) is 84.9 Å². The van der Waals surface area contributed by atoms with Crippen LogP contribution in [0.1, 0.15) is 155 Å². The Kier molecular flexibility index (Phi) is 19.5. The zero-order valence-electron chi connectivity index (χ0n) is 42.4. The Bertz CT molecular complexity index is 2120. The molecule has 62 heavy (non-hydrogen) atoms. The molecule has 6 aromatic carbocycles. The fourth-order valence-electron chi connectivity index (χ4n) is 8.13. The molecule has 0 aromatic heterocycles. The van der Waals surface area contributed by atoms with E-state index in [0.717, 1.165) is 22.4 Å². The molecule has 0 aliphatic rings. The van der Waals surface area contributed by atoms with E-state index in [2.05, 4.69) is 223 Å².